The zero-order valence-corrected chi connectivity index (χ0v) is 14.8. The third kappa shape index (κ3) is 3.58. The van der Waals surface area contributed by atoms with Gasteiger partial charge in [-0.2, -0.15) is 5.26 Å². The minimum Gasteiger partial charge on any atom is -0.265 e. The minimum absolute atomic E-state index is 0.636. The summed E-state index contributed by atoms with van der Waals surface area (Å²) in [7, 11) is 0. The van der Waals surface area contributed by atoms with Crippen molar-refractivity contribution in [3.05, 3.63) is 90.5 Å². The van der Waals surface area contributed by atoms with E-state index in [0.29, 0.717) is 11.4 Å². The summed E-state index contributed by atoms with van der Waals surface area (Å²) in [5, 5.41) is 8.96. The van der Waals surface area contributed by atoms with Crippen LogP contribution in [-0.2, 0) is 0 Å². The van der Waals surface area contributed by atoms with E-state index in [-0.39, 0.29) is 0 Å². The highest BCUT2D eigenvalue weighted by molar-refractivity contribution is 5.71. The Morgan fingerprint density at radius 2 is 1.15 bits per heavy atom. The van der Waals surface area contributed by atoms with Crippen LogP contribution in [0.5, 0.6) is 0 Å². The minimum atomic E-state index is 0.636. The number of hydrogen-bond acceptors (Lipinski definition) is 4. The Balaban J connectivity index is 1.69. The predicted octanol–water partition coefficient (Wildman–Crippen LogP) is 5.05. The van der Waals surface area contributed by atoms with E-state index in [1.807, 2.05) is 37.3 Å². The third-order valence-corrected chi connectivity index (χ3v) is 4.34. The van der Waals surface area contributed by atoms with Gasteiger partial charge in [-0.15, -0.1) is 0 Å². The van der Waals surface area contributed by atoms with Crippen LogP contribution in [0.2, 0.25) is 0 Å². The average molecular weight is 348 g/mol. The van der Waals surface area contributed by atoms with Crippen molar-refractivity contribution in [2.75, 3.05) is 0 Å². The van der Waals surface area contributed by atoms with E-state index >= 15 is 0 Å². The Kier molecular flexibility index (Phi) is 4.42. The normalized spacial score (nSPS) is 10.4. The zero-order chi connectivity index (χ0) is 18.6. The number of pyridine rings is 1. The highest BCUT2D eigenvalue weighted by Gasteiger charge is 2.07. The fourth-order valence-electron chi connectivity index (χ4n) is 2.96. The molecule has 4 heteroatoms. The van der Waals surface area contributed by atoms with Gasteiger partial charge in [0.15, 0.2) is 0 Å². The van der Waals surface area contributed by atoms with Crippen molar-refractivity contribution in [1.29, 1.82) is 5.26 Å². The van der Waals surface area contributed by atoms with Gasteiger partial charge in [-0.3, -0.25) is 4.98 Å². The molecule has 0 aliphatic heterocycles. The van der Waals surface area contributed by atoms with Crippen LogP contribution in [0.4, 0.5) is 0 Å². The Labute approximate surface area is 157 Å². The number of hydrogen-bond donors (Lipinski definition) is 0. The van der Waals surface area contributed by atoms with Crippen LogP contribution in [0.1, 0.15) is 11.4 Å². The van der Waals surface area contributed by atoms with Crippen molar-refractivity contribution in [3.63, 3.8) is 0 Å². The SMILES string of the molecule is Cc1nc(-c2ccc(C#N)cc2)cc(-c2ccc(-c3ccncc3)cc2)n1. The second-order valence-corrected chi connectivity index (χ2v) is 6.19. The average Bonchev–Trinajstić information content (AvgIpc) is 2.74. The van der Waals surface area contributed by atoms with E-state index < -0.39 is 0 Å². The van der Waals surface area contributed by atoms with Crippen LogP contribution in [-0.4, -0.2) is 15.0 Å². The summed E-state index contributed by atoms with van der Waals surface area (Å²) in [4.78, 5) is 13.2. The van der Waals surface area contributed by atoms with Gasteiger partial charge in [0.05, 0.1) is 23.0 Å². The highest BCUT2D eigenvalue weighted by Crippen LogP contribution is 2.26. The Bertz CT molecular complexity index is 1110. The first kappa shape index (κ1) is 16.6. The summed E-state index contributed by atoms with van der Waals surface area (Å²) >= 11 is 0. The molecule has 0 saturated heterocycles. The molecule has 4 aromatic rings. The molecule has 2 aromatic carbocycles. The smallest absolute Gasteiger partial charge is 0.126 e. The van der Waals surface area contributed by atoms with Crippen molar-refractivity contribution in [3.8, 4) is 39.7 Å². The number of aromatic nitrogens is 3. The maximum atomic E-state index is 8.96. The molecule has 0 N–H and O–H groups in total. The van der Waals surface area contributed by atoms with E-state index in [1.54, 1.807) is 24.5 Å². The molecule has 0 aliphatic rings. The van der Waals surface area contributed by atoms with Gasteiger partial charge >= 0.3 is 0 Å². The molecule has 0 fully saturated rings. The molecule has 0 unspecified atom stereocenters. The maximum Gasteiger partial charge on any atom is 0.126 e. The van der Waals surface area contributed by atoms with E-state index in [0.717, 1.165) is 33.6 Å². The summed E-state index contributed by atoms with van der Waals surface area (Å²) in [6, 6.07) is 23.8. The highest BCUT2D eigenvalue weighted by atomic mass is 14.9. The molecular weight excluding hydrogens is 332 g/mol. The second kappa shape index (κ2) is 7.19. The van der Waals surface area contributed by atoms with Crippen LogP contribution in [0, 0.1) is 18.3 Å². The molecular formula is C23H16N4. The molecule has 0 aliphatic carbocycles. The molecule has 4 rings (SSSR count). The van der Waals surface area contributed by atoms with Gasteiger partial charge in [-0.05, 0) is 48.4 Å². The number of nitriles is 1. The maximum absolute atomic E-state index is 8.96. The summed E-state index contributed by atoms with van der Waals surface area (Å²) in [5.41, 5.74) is 6.63. The first-order valence-corrected chi connectivity index (χ1v) is 8.60. The molecule has 0 spiro atoms. The summed E-state index contributed by atoms with van der Waals surface area (Å²) in [6.45, 7) is 1.89. The monoisotopic (exact) mass is 348 g/mol. The van der Waals surface area contributed by atoms with E-state index in [9.17, 15) is 0 Å². The van der Waals surface area contributed by atoms with Crippen molar-refractivity contribution < 1.29 is 0 Å². The van der Waals surface area contributed by atoms with Gasteiger partial charge in [0, 0.05) is 23.5 Å². The lowest BCUT2D eigenvalue weighted by Gasteiger charge is -2.08. The van der Waals surface area contributed by atoms with Gasteiger partial charge in [0.2, 0.25) is 0 Å². The number of rotatable bonds is 3. The van der Waals surface area contributed by atoms with Gasteiger partial charge in [-0.1, -0.05) is 36.4 Å². The summed E-state index contributed by atoms with van der Waals surface area (Å²) in [6.07, 6.45) is 3.59. The van der Waals surface area contributed by atoms with Crippen LogP contribution >= 0.6 is 0 Å². The quantitative estimate of drug-likeness (QED) is 0.519. The Hall–Kier alpha value is -3.84. The number of aryl methyl sites for hydroxylation is 1. The molecule has 0 saturated carbocycles. The predicted molar refractivity (Wildman–Crippen MR) is 106 cm³/mol. The van der Waals surface area contributed by atoms with Crippen LogP contribution < -0.4 is 0 Å². The summed E-state index contributed by atoms with van der Waals surface area (Å²) < 4.78 is 0. The molecule has 4 nitrogen and oxygen atoms in total. The van der Waals surface area contributed by atoms with Gasteiger partial charge in [-0.25, -0.2) is 9.97 Å². The van der Waals surface area contributed by atoms with Gasteiger partial charge in [0.1, 0.15) is 5.82 Å². The van der Waals surface area contributed by atoms with E-state index in [2.05, 4.69) is 45.3 Å². The van der Waals surface area contributed by atoms with E-state index in [4.69, 9.17) is 5.26 Å². The molecule has 0 atom stereocenters. The zero-order valence-electron chi connectivity index (χ0n) is 14.8. The van der Waals surface area contributed by atoms with Crippen LogP contribution in [0.25, 0.3) is 33.6 Å². The summed E-state index contributed by atoms with van der Waals surface area (Å²) in [5.74, 6) is 0.713. The largest absolute Gasteiger partial charge is 0.265 e. The van der Waals surface area contributed by atoms with Crippen molar-refractivity contribution in [1.82, 2.24) is 15.0 Å². The molecule has 0 bridgehead atoms. The molecule has 2 heterocycles. The van der Waals surface area contributed by atoms with Crippen LogP contribution in [0.15, 0.2) is 79.1 Å². The van der Waals surface area contributed by atoms with Gasteiger partial charge < -0.3 is 0 Å². The fourth-order valence-corrected chi connectivity index (χ4v) is 2.96. The second-order valence-electron chi connectivity index (χ2n) is 6.19. The lowest BCUT2D eigenvalue weighted by Crippen LogP contribution is -1.95. The topological polar surface area (TPSA) is 62.5 Å². The van der Waals surface area contributed by atoms with Crippen LogP contribution in [0.3, 0.4) is 0 Å². The third-order valence-electron chi connectivity index (χ3n) is 4.34. The number of benzene rings is 2. The molecule has 0 amide bonds. The van der Waals surface area contributed by atoms with Crippen molar-refractivity contribution in [2.24, 2.45) is 0 Å². The Morgan fingerprint density at radius 1 is 0.667 bits per heavy atom. The molecule has 128 valence electrons. The standard InChI is InChI=1S/C23H16N4/c1-16-26-22(20-4-2-17(15-24)3-5-20)14-23(27-16)21-8-6-18(7-9-21)19-10-12-25-13-11-19/h2-14H,1H3. The number of nitrogens with zero attached hydrogens (tertiary/aromatic N) is 4. The van der Waals surface area contributed by atoms with Gasteiger partial charge in [0.25, 0.3) is 0 Å². The first-order valence-electron chi connectivity index (χ1n) is 8.60. The fraction of sp³-hybridized carbons (Fsp3) is 0.0435. The van der Waals surface area contributed by atoms with E-state index in [1.165, 1.54) is 0 Å². The molecule has 0 radical (unpaired) electrons. The lowest BCUT2D eigenvalue weighted by atomic mass is 10.0. The molecule has 2 aromatic heterocycles. The van der Waals surface area contributed by atoms with Crippen molar-refractivity contribution in [2.45, 2.75) is 6.92 Å². The lowest BCUT2D eigenvalue weighted by molar-refractivity contribution is 1.06. The molecule has 27 heavy (non-hydrogen) atoms. The van der Waals surface area contributed by atoms with Crippen molar-refractivity contribution >= 4 is 0 Å². The first-order chi connectivity index (χ1) is 13.2. The Morgan fingerprint density at radius 3 is 1.70 bits per heavy atom.